The standard InChI is InChI=1S/C13H12F2N2O/c14-9-5-4-8(10(15)6-9)7-18-12-3-1-2-11(16)13(12)17/h1-6H,7,16-17H2. The molecule has 0 atom stereocenters. The number of nitrogens with two attached hydrogens (primary N) is 2. The lowest BCUT2D eigenvalue weighted by molar-refractivity contribution is 0.301. The summed E-state index contributed by atoms with van der Waals surface area (Å²) in [5.74, 6) is -0.907. The molecule has 0 spiro atoms. The Kier molecular flexibility index (Phi) is 3.32. The van der Waals surface area contributed by atoms with E-state index in [1.165, 1.54) is 12.1 Å². The van der Waals surface area contributed by atoms with Crippen LogP contribution in [0.4, 0.5) is 20.2 Å². The minimum Gasteiger partial charge on any atom is -0.487 e. The second-order valence-corrected chi connectivity index (χ2v) is 3.78. The maximum atomic E-state index is 13.4. The van der Waals surface area contributed by atoms with E-state index in [-0.39, 0.29) is 12.2 Å². The lowest BCUT2D eigenvalue weighted by Crippen LogP contribution is -2.03. The molecule has 0 radical (unpaired) electrons. The molecule has 0 unspecified atom stereocenters. The van der Waals surface area contributed by atoms with Crippen LogP contribution in [-0.4, -0.2) is 0 Å². The zero-order valence-corrected chi connectivity index (χ0v) is 9.49. The van der Waals surface area contributed by atoms with Crippen LogP contribution in [0.15, 0.2) is 36.4 Å². The van der Waals surface area contributed by atoms with Crippen LogP contribution in [0.1, 0.15) is 5.56 Å². The first-order valence-corrected chi connectivity index (χ1v) is 5.28. The molecule has 2 aromatic rings. The van der Waals surface area contributed by atoms with E-state index in [0.29, 0.717) is 17.1 Å². The predicted octanol–water partition coefficient (Wildman–Crippen LogP) is 2.71. The van der Waals surface area contributed by atoms with E-state index in [2.05, 4.69) is 0 Å². The summed E-state index contributed by atoms with van der Waals surface area (Å²) >= 11 is 0. The average Bonchev–Trinajstić information content (AvgIpc) is 2.33. The van der Waals surface area contributed by atoms with Gasteiger partial charge in [0.25, 0.3) is 0 Å². The molecule has 0 saturated carbocycles. The van der Waals surface area contributed by atoms with Crippen molar-refractivity contribution < 1.29 is 13.5 Å². The van der Waals surface area contributed by atoms with E-state index in [0.717, 1.165) is 6.07 Å². The fourth-order valence-electron chi connectivity index (χ4n) is 1.48. The van der Waals surface area contributed by atoms with Gasteiger partial charge < -0.3 is 16.2 Å². The lowest BCUT2D eigenvalue weighted by atomic mass is 10.2. The summed E-state index contributed by atoms with van der Waals surface area (Å²) in [5, 5.41) is 0. The molecule has 2 rings (SSSR count). The molecule has 5 heteroatoms. The number of hydrogen-bond donors (Lipinski definition) is 2. The predicted molar refractivity (Wildman–Crippen MR) is 66.0 cm³/mol. The summed E-state index contributed by atoms with van der Waals surface area (Å²) in [7, 11) is 0. The maximum Gasteiger partial charge on any atom is 0.144 e. The zero-order chi connectivity index (χ0) is 13.1. The molecular formula is C13H12F2N2O. The largest absolute Gasteiger partial charge is 0.487 e. The summed E-state index contributed by atoms with van der Waals surface area (Å²) in [6, 6.07) is 8.26. The van der Waals surface area contributed by atoms with Crippen molar-refractivity contribution in [2.75, 3.05) is 11.5 Å². The van der Waals surface area contributed by atoms with Gasteiger partial charge in [-0.3, -0.25) is 0 Å². The van der Waals surface area contributed by atoms with Crippen molar-refractivity contribution in [2.45, 2.75) is 6.61 Å². The highest BCUT2D eigenvalue weighted by molar-refractivity contribution is 5.70. The van der Waals surface area contributed by atoms with E-state index >= 15 is 0 Å². The fourth-order valence-corrected chi connectivity index (χ4v) is 1.48. The van der Waals surface area contributed by atoms with Gasteiger partial charge in [-0.2, -0.15) is 0 Å². The van der Waals surface area contributed by atoms with Gasteiger partial charge in [0.1, 0.15) is 24.0 Å². The van der Waals surface area contributed by atoms with E-state index in [1.807, 2.05) is 0 Å². The molecular weight excluding hydrogens is 238 g/mol. The molecule has 0 saturated heterocycles. The smallest absolute Gasteiger partial charge is 0.144 e. The van der Waals surface area contributed by atoms with Gasteiger partial charge in [0, 0.05) is 11.6 Å². The Hall–Kier alpha value is -2.30. The third-order valence-electron chi connectivity index (χ3n) is 2.50. The van der Waals surface area contributed by atoms with Crippen LogP contribution >= 0.6 is 0 Å². The van der Waals surface area contributed by atoms with Gasteiger partial charge in [0.15, 0.2) is 0 Å². The van der Waals surface area contributed by atoms with Crippen LogP contribution < -0.4 is 16.2 Å². The van der Waals surface area contributed by atoms with Crippen molar-refractivity contribution in [3.63, 3.8) is 0 Å². The first-order valence-electron chi connectivity index (χ1n) is 5.28. The summed E-state index contributed by atoms with van der Waals surface area (Å²) < 4.78 is 31.4. The second kappa shape index (κ2) is 4.91. The number of ether oxygens (including phenoxy) is 1. The number of anilines is 2. The van der Waals surface area contributed by atoms with E-state index < -0.39 is 11.6 Å². The van der Waals surface area contributed by atoms with Crippen LogP contribution in [-0.2, 0) is 6.61 Å². The minimum absolute atomic E-state index is 0.0419. The molecule has 0 fully saturated rings. The molecule has 0 bridgehead atoms. The molecule has 94 valence electrons. The monoisotopic (exact) mass is 250 g/mol. The maximum absolute atomic E-state index is 13.4. The van der Waals surface area contributed by atoms with Crippen LogP contribution in [0.25, 0.3) is 0 Å². The number of benzene rings is 2. The van der Waals surface area contributed by atoms with Gasteiger partial charge in [-0.1, -0.05) is 6.07 Å². The van der Waals surface area contributed by atoms with Gasteiger partial charge in [-0.05, 0) is 24.3 Å². The van der Waals surface area contributed by atoms with Crippen molar-refractivity contribution in [3.05, 3.63) is 53.6 Å². The molecule has 3 nitrogen and oxygen atoms in total. The van der Waals surface area contributed by atoms with Crippen molar-refractivity contribution >= 4 is 11.4 Å². The average molecular weight is 250 g/mol. The Morgan fingerprint density at radius 3 is 2.56 bits per heavy atom. The Morgan fingerprint density at radius 1 is 1.06 bits per heavy atom. The van der Waals surface area contributed by atoms with Gasteiger partial charge in [0.2, 0.25) is 0 Å². The number of nitrogen functional groups attached to an aromatic ring is 2. The highest BCUT2D eigenvalue weighted by Crippen LogP contribution is 2.27. The molecule has 2 aromatic carbocycles. The fraction of sp³-hybridized carbons (Fsp3) is 0.0769. The zero-order valence-electron chi connectivity index (χ0n) is 9.49. The van der Waals surface area contributed by atoms with Crippen molar-refractivity contribution in [1.82, 2.24) is 0 Å². The number of hydrogen-bond acceptors (Lipinski definition) is 3. The van der Waals surface area contributed by atoms with Gasteiger partial charge in [0.05, 0.1) is 11.4 Å². The van der Waals surface area contributed by atoms with Crippen molar-refractivity contribution in [2.24, 2.45) is 0 Å². The molecule has 0 aliphatic heterocycles. The van der Waals surface area contributed by atoms with Crippen LogP contribution in [0, 0.1) is 11.6 Å². The summed E-state index contributed by atoms with van der Waals surface area (Å²) in [4.78, 5) is 0. The van der Waals surface area contributed by atoms with Crippen LogP contribution in [0.3, 0.4) is 0 Å². The highest BCUT2D eigenvalue weighted by Gasteiger charge is 2.07. The van der Waals surface area contributed by atoms with Crippen molar-refractivity contribution in [1.29, 1.82) is 0 Å². The third-order valence-corrected chi connectivity index (χ3v) is 2.50. The summed E-state index contributed by atoms with van der Waals surface area (Å²) in [5.41, 5.74) is 12.3. The third kappa shape index (κ3) is 2.51. The highest BCUT2D eigenvalue weighted by atomic mass is 19.1. The second-order valence-electron chi connectivity index (χ2n) is 3.78. The number of rotatable bonds is 3. The van der Waals surface area contributed by atoms with Crippen molar-refractivity contribution in [3.8, 4) is 5.75 Å². The Balaban J connectivity index is 2.14. The summed E-state index contributed by atoms with van der Waals surface area (Å²) in [6.45, 7) is -0.0419. The van der Waals surface area contributed by atoms with E-state index in [1.54, 1.807) is 18.2 Å². The van der Waals surface area contributed by atoms with Crippen LogP contribution in [0.2, 0.25) is 0 Å². The molecule has 0 aromatic heterocycles. The van der Waals surface area contributed by atoms with Crippen LogP contribution in [0.5, 0.6) is 5.75 Å². The minimum atomic E-state index is -0.655. The van der Waals surface area contributed by atoms with E-state index in [9.17, 15) is 8.78 Å². The number of halogens is 2. The Labute approximate surface area is 103 Å². The first-order chi connectivity index (χ1) is 8.58. The molecule has 0 heterocycles. The normalized spacial score (nSPS) is 10.3. The molecule has 0 amide bonds. The molecule has 18 heavy (non-hydrogen) atoms. The first kappa shape index (κ1) is 12.2. The van der Waals surface area contributed by atoms with E-state index in [4.69, 9.17) is 16.2 Å². The van der Waals surface area contributed by atoms with Gasteiger partial charge in [-0.25, -0.2) is 8.78 Å². The molecule has 4 N–H and O–H groups in total. The SMILES string of the molecule is Nc1cccc(OCc2ccc(F)cc2F)c1N. The number of para-hydroxylation sites is 1. The topological polar surface area (TPSA) is 61.3 Å². The molecule has 0 aliphatic rings. The Bertz CT molecular complexity index is 573. The van der Waals surface area contributed by atoms with Gasteiger partial charge >= 0.3 is 0 Å². The lowest BCUT2D eigenvalue weighted by Gasteiger charge is -2.10. The molecule has 0 aliphatic carbocycles. The Morgan fingerprint density at radius 2 is 1.83 bits per heavy atom. The summed E-state index contributed by atoms with van der Waals surface area (Å²) in [6.07, 6.45) is 0. The quantitative estimate of drug-likeness (QED) is 0.823. The van der Waals surface area contributed by atoms with Gasteiger partial charge in [-0.15, -0.1) is 0 Å².